The number of pyridine rings is 1. The third-order valence-electron chi connectivity index (χ3n) is 4.83. The second-order valence-electron chi connectivity index (χ2n) is 6.68. The lowest BCUT2D eigenvalue weighted by Crippen LogP contribution is -2.38. The molecule has 0 aliphatic heterocycles. The van der Waals surface area contributed by atoms with E-state index in [1.54, 1.807) is 6.92 Å². The molecule has 1 aromatic heterocycles. The average Bonchev–Trinajstić information content (AvgIpc) is 2.71. The minimum absolute atomic E-state index is 0.00726. The third kappa shape index (κ3) is 3.85. The number of aromatic amines is 1. The number of rotatable bonds is 4. The molecule has 158 valence electrons. The molecule has 2 amide bonds. The minimum atomic E-state index is -1.61. The van der Waals surface area contributed by atoms with Gasteiger partial charge in [0.15, 0.2) is 29.1 Å². The molecule has 2 N–H and O–H groups in total. The molecule has 3 aromatic rings. The Kier molecular flexibility index (Phi) is 5.77. The molecule has 10 heteroatoms. The van der Waals surface area contributed by atoms with Crippen LogP contribution in [0.15, 0.2) is 35.3 Å². The van der Waals surface area contributed by atoms with E-state index in [4.69, 9.17) is 0 Å². The molecule has 3 rings (SSSR count). The lowest BCUT2D eigenvalue weighted by atomic mass is 10.0. The van der Waals surface area contributed by atoms with Crippen LogP contribution in [-0.2, 0) is 6.54 Å². The Bertz CT molecular complexity index is 1170. The molecule has 0 spiro atoms. The monoisotopic (exact) mass is 425 g/mol. The van der Waals surface area contributed by atoms with Crippen molar-refractivity contribution in [2.75, 3.05) is 7.05 Å². The highest BCUT2D eigenvalue weighted by molar-refractivity contribution is 5.86. The molecule has 1 unspecified atom stereocenters. The standard InChI is InChI=1S/C20H16F5N3O2/c1-9(12-8-26-19(29)16-11(12)3-4-13(21)18(16)25)28(2)20(30)27-7-10-5-14(22)17(24)15(23)6-10/h3-6,8-9H,7H2,1-2H3,(H,26,29)(H,27,30). The summed E-state index contributed by atoms with van der Waals surface area (Å²) >= 11 is 0. The first kappa shape index (κ1) is 21.3. The van der Waals surface area contributed by atoms with Crippen molar-refractivity contribution in [2.24, 2.45) is 0 Å². The van der Waals surface area contributed by atoms with Crippen molar-refractivity contribution in [3.8, 4) is 0 Å². The summed E-state index contributed by atoms with van der Waals surface area (Å²) in [6, 6.07) is 2.28. The maximum Gasteiger partial charge on any atom is 0.317 e. The average molecular weight is 425 g/mol. The van der Waals surface area contributed by atoms with Gasteiger partial charge in [0.05, 0.1) is 11.4 Å². The molecule has 0 bridgehead atoms. The Morgan fingerprint density at radius 3 is 2.33 bits per heavy atom. The van der Waals surface area contributed by atoms with Gasteiger partial charge in [0.1, 0.15) is 0 Å². The quantitative estimate of drug-likeness (QED) is 0.488. The number of urea groups is 1. The van der Waals surface area contributed by atoms with Crippen LogP contribution in [0.3, 0.4) is 0 Å². The van der Waals surface area contributed by atoms with E-state index in [1.165, 1.54) is 24.2 Å². The fraction of sp³-hybridized carbons (Fsp3) is 0.200. The van der Waals surface area contributed by atoms with Crippen molar-refractivity contribution < 1.29 is 26.7 Å². The number of carbonyl (C=O) groups excluding carboxylic acids is 1. The van der Waals surface area contributed by atoms with Crippen LogP contribution in [0, 0.1) is 29.1 Å². The Morgan fingerprint density at radius 2 is 1.70 bits per heavy atom. The number of hydrogen-bond acceptors (Lipinski definition) is 2. The van der Waals surface area contributed by atoms with E-state index in [0.717, 1.165) is 18.2 Å². The van der Waals surface area contributed by atoms with E-state index in [2.05, 4.69) is 10.3 Å². The largest absolute Gasteiger partial charge is 0.334 e. The molecule has 0 radical (unpaired) electrons. The van der Waals surface area contributed by atoms with E-state index in [-0.39, 0.29) is 17.5 Å². The van der Waals surface area contributed by atoms with Crippen LogP contribution in [0.2, 0.25) is 0 Å². The van der Waals surface area contributed by atoms with Crippen molar-refractivity contribution in [1.82, 2.24) is 15.2 Å². The van der Waals surface area contributed by atoms with Crippen molar-refractivity contribution in [2.45, 2.75) is 19.5 Å². The Labute approximate surface area is 167 Å². The van der Waals surface area contributed by atoms with Gasteiger partial charge in [-0.3, -0.25) is 4.79 Å². The Morgan fingerprint density at radius 1 is 1.07 bits per heavy atom. The summed E-state index contributed by atoms with van der Waals surface area (Å²) in [6.45, 7) is 1.31. The molecular weight excluding hydrogens is 409 g/mol. The Balaban J connectivity index is 1.83. The number of nitrogens with zero attached hydrogens (tertiary/aromatic N) is 1. The number of benzene rings is 2. The fourth-order valence-corrected chi connectivity index (χ4v) is 3.05. The van der Waals surface area contributed by atoms with E-state index in [9.17, 15) is 31.5 Å². The molecule has 1 heterocycles. The second kappa shape index (κ2) is 8.13. The number of H-pyrrole nitrogens is 1. The number of amides is 2. The van der Waals surface area contributed by atoms with Gasteiger partial charge in [-0.2, -0.15) is 0 Å². The fourth-order valence-electron chi connectivity index (χ4n) is 3.05. The van der Waals surface area contributed by atoms with Gasteiger partial charge in [-0.15, -0.1) is 0 Å². The number of nitrogens with one attached hydrogen (secondary N) is 2. The SMILES string of the molecule is CC(c1c[nH]c(=O)c2c(F)c(F)ccc12)N(C)C(=O)NCc1cc(F)c(F)c(F)c1. The molecular formula is C20H16F5N3O2. The maximum atomic E-state index is 14.1. The highest BCUT2D eigenvalue weighted by Gasteiger charge is 2.22. The van der Waals surface area contributed by atoms with Gasteiger partial charge in [0, 0.05) is 19.8 Å². The summed E-state index contributed by atoms with van der Waals surface area (Å²) in [5.74, 6) is -6.84. The normalized spacial score (nSPS) is 12.1. The van der Waals surface area contributed by atoms with Crippen LogP contribution in [0.25, 0.3) is 10.8 Å². The van der Waals surface area contributed by atoms with Crippen molar-refractivity contribution in [1.29, 1.82) is 0 Å². The minimum Gasteiger partial charge on any atom is -0.334 e. The van der Waals surface area contributed by atoms with Crippen molar-refractivity contribution in [3.05, 3.63) is 81.0 Å². The molecule has 30 heavy (non-hydrogen) atoms. The topological polar surface area (TPSA) is 65.2 Å². The predicted octanol–water partition coefficient (Wildman–Crippen LogP) is 4.13. The van der Waals surface area contributed by atoms with Gasteiger partial charge < -0.3 is 15.2 Å². The predicted molar refractivity (Wildman–Crippen MR) is 99.2 cm³/mol. The third-order valence-corrected chi connectivity index (χ3v) is 4.83. The van der Waals surface area contributed by atoms with Gasteiger partial charge in [-0.1, -0.05) is 6.07 Å². The van der Waals surface area contributed by atoms with Crippen molar-refractivity contribution >= 4 is 16.8 Å². The molecule has 2 aromatic carbocycles. The summed E-state index contributed by atoms with van der Waals surface area (Å²) < 4.78 is 67.2. The zero-order valence-corrected chi connectivity index (χ0v) is 15.8. The van der Waals surface area contributed by atoms with E-state index < -0.39 is 52.1 Å². The van der Waals surface area contributed by atoms with Gasteiger partial charge in [0.25, 0.3) is 5.56 Å². The van der Waals surface area contributed by atoms with E-state index in [1.807, 2.05) is 0 Å². The number of halogens is 5. The smallest absolute Gasteiger partial charge is 0.317 e. The molecule has 0 aliphatic rings. The number of aromatic nitrogens is 1. The molecule has 0 fully saturated rings. The number of hydrogen-bond donors (Lipinski definition) is 2. The zero-order valence-electron chi connectivity index (χ0n) is 15.8. The summed E-state index contributed by atoms with van der Waals surface area (Å²) in [5.41, 5.74) is -0.460. The van der Waals surface area contributed by atoms with Crippen LogP contribution in [0.5, 0.6) is 0 Å². The summed E-state index contributed by atoms with van der Waals surface area (Å²) in [4.78, 5) is 27.9. The molecule has 1 atom stereocenters. The van der Waals surface area contributed by atoms with Gasteiger partial charge >= 0.3 is 6.03 Å². The van der Waals surface area contributed by atoms with E-state index >= 15 is 0 Å². The van der Waals surface area contributed by atoms with Crippen molar-refractivity contribution in [3.63, 3.8) is 0 Å². The maximum absolute atomic E-state index is 14.1. The van der Waals surface area contributed by atoms with Crippen LogP contribution < -0.4 is 10.9 Å². The molecule has 0 aliphatic carbocycles. The summed E-state index contributed by atoms with van der Waals surface area (Å²) in [7, 11) is 1.41. The zero-order chi connectivity index (χ0) is 22.2. The van der Waals surface area contributed by atoms with Crippen LogP contribution in [0.1, 0.15) is 24.1 Å². The second-order valence-corrected chi connectivity index (χ2v) is 6.68. The van der Waals surface area contributed by atoms with Crippen LogP contribution in [0.4, 0.5) is 26.7 Å². The highest BCUT2D eigenvalue weighted by Crippen LogP contribution is 2.27. The lowest BCUT2D eigenvalue weighted by molar-refractivity contribution is 0.194. The Hall–Kier alpha value is -3.43. The van der Waals surface area contributed by atoms with Gasteiger partial charge in [0.2, 0.25) is 0 Å². The first-order valence-corrected chi connectivity index (χ1v) is 8.75. The number of fused-ring (bicyclic) bond motifs is 1. The molecule has 5 nitrogen and oxygen atoms in total. The summed E-state index contributed by atoms with van der Waals surface area (Å²) in [6.07, 6.45) is 1.29. The van der Waals surface area contributed by atoms with Gasteiger partial charge in [-0.05, 0) is 41.6 Å². The first-order chi connectivity index (χ1) is 14.1. The first-order valence-electron chi connectivity index (χ1n) is 8.75. The summed E-state index contributed by atoms with van der Waals surface area (Å²) in [5, 5.41) is 2.09. The molecule has 0 saturated carbocycles. The van der Waals surface area contributed by atoms with Gasteiger partial charge in [-0.25, -0.2) is 26.7 Å². The highest BCUT2D eigenvalue weighted by atomic mass is 19.2. The molecule has 0 saturated heterocycles. The van der Waals surface area contributed by atoms with Crippen LogP contribution in [-0.4, -0.2) is 23.0 Å². The van der Waals surface area contributed by atoms with E-state index in [0.29, 0.717) is 5.56 Å². The number of carbonyl (C=O) groups is 1. The van der Waals surface area contributed by atoms with Crippen LogP contribution >= 0.6 is 0 Å². The lowest BCUT2D eigenvalue weighted by Gasteiger charge is -2.26.